The summed E-state index contributed by atoms with van der Waals surface area (Å²) in [6.45, 7) is 0. The average Bonchev–Trinajstić information content (AvgIpc) is 2.97. The minimum absolute atomic E-state index is 0.000920. The third-order valence-electron chi connectivity index (χ3n) is 4.02. The zero-order chi connectivity index (χ0) is 12.8. The standard InChI is InChI=1S/C16H14N2O/c19-16-17-14-7-3-4-8-15(14)18(16)13-9-11-5-1-2-6-12(11)10-13/h1-8,13H,9-10H2,(H,17,19). The van der Waals surface area contributed by atoms with E-state index in [1.54, 1.807) is 0 Å². The summed E-state index contributed by atoms with van der Waals surface area (Å²) in [4.78, 5) is 15.1. The van der Waals surface area contributed by atoms with Crippen LogP contribution in [0.5, 0.6) is 0 Å². The molecule has 1 heterocycles. The van der Waals surface area contributed by atoms with Crippen molar-refractivity contribution < 1.29 is 0 Å². The molecule has 94 valence electrons. The van der Waals surface area contributed by atoms with Gasteiger partial charge in [0, 0.05) is 6.04 Å². The van der Waals surface area contributed by atoms with Gasteiger partial charge in [-0.3, -0.25) is 4.57 Å². The number of aromatic amines is 1. The van der Waals surface area contributed by atoms with E-state index >= 15 is 0 Å². The molecule has 19 heavy (non-hydrogen) atoms. The molecule has 0 unspecified atom stereocenters. The molecule has 3 heteroatoms. The first kappa shape index (κ1) is 10.6. The molecule has 0 aliphatic heterocycles. The molecular formula is C16H14N2O. The van der Waals surface area contributed by atoms with E-state index in [1.165, 1.54) is 11.1 Å². The number of hydrogen-bond donors (Lipinski definition) is 1. The molecule has 3 aromatic rings. The van der Waals surface area contributed by atoms with Crippen LogP contribution in [0, 0.1) is 0 Å². The Hall–Kier alpha value is -2.29. The fourth-order valence-corrected chi connectivity index (χ4v) is 3.15. The summed E-state index contributed by atoms with van der Waals surface area (Å²) >= 11 is 0. The molecule has 0 bridgehead atoms. The van der Waals surface area contributed by atoms with Crippen LogP contribution >= 0.6 is 0 Å². The van der Waals surface area contributed by atoms with Gasteiger partial charge >= 0.3 is 5.69 Å². The molecule has 3 nitrogen and oxygen atoms in total. The molecule has 0 amide bonds. The lowest BCUT2D eigenvalue weighted by Crippen LogP contribution is -2.22. The van der Waals surface area contributed by atoms with Crippen molar-refractivity contribution in [2.24, 2.45) is 0 Å². The van der Waals surface area contributed by atoms with Gasteiger partial charge in [-0.25, -0.2) is 4.79 Å². The molecule has 0 saturated carbocycles. The van der Waals surface area contributed by atoms with E-state index in [4.69, 9.17) is 0 Å². The Kier molecular flexibility index (Phi) is 2.15. The molecule has 0 radical (unpaired) electrons. The highest BCUT2D eigenvalue weighted by molar-refractivity contribution is 5.75. The Morgan fingerprint density at radius 1 is 0.947 bits per heavy atom. The minimum atomic E-state index is -0.000920. The summed E-state index contributed by atoms with van der Waals surface area (Å²) in [5.41, 5.74) is 4.65. The molecule has 4 rings (SSSR count). The predicted molar refractivity (Wildman–Crippen MR) is 75.4 cm³/mol. The zero-order valence-corrected chi connectivity index (χ0v) is 10.5. The lowest BCUT2D eigenvalue weighted by atomic mass is 10.1. The molecule has 1 aliphatic rings. The second-order valence-corrected chi connectivity index (χ2v) is 5.15. The zero-order valence-electron chi connectivity index (χ0n) is 10.5. The van der Waals surface area contributed by atoms with Crippen LogP contribution in [0.3, 0.4) is 0 Å². The smallest absolute Gasteiger partial charge is 0.306 e. The minimum Gasteiger partial charge on any atom is -0.306 e. The van der Waals surface area contributed by atoms with Crippen molar-refractivity contribution in [3.63, 3.8) is 0 Å². The van der Waals surface area contributed by atoms with Gasteiger partial charge in [0.05, 0.1) is 11.0 Å². The first-order valence-electron chi connectivity index (χ1n) is 6.59. The number of fused-ring (bicyclic) bond motifs is 2. The van der Waals surface area contributed by atoms with Crippen molar-refractivity contribution in [1.29, 1.82) is 0 Å². The summed E-state index contributed by atoms with van der Waals surface area (Å²) in [5, 5.41) is 0. The van der Waals surface area contributed by atoms with Gasteiger partial charge in [-0.1, -0.05) is 36.4 Å². The van der Waals surface area contributed by atoms with E-state index in [0.29, 0.717) is 0 Å². The SMILES string of the molecule is O=c1[nH]c2ccccc2n1C1Cc2ccccc2C1. The largest absolute Gasteiger partial charge is 0.326 e. The van der Waals surface area contributed by atoms with E-state index in [2.05, 4.69) is 29.2 Å². The van der Waals surface area contributed by atoms with Crippen LogP contribution in [-0.4, -0.2) is 9.55 Å². The Morgan fingerprint density at radius 3 is 2.32 bits per heavy atom. The molecule has 1 aromatic heterocycles. The maximum absolute atomic E-state index is 12.2. The number of rotatable bonds is 1. The van der Waals surface area contributed by atoms with E-state index in [1.807, 2.05) is 28.8 Å². The van der Waals surface area contributed by atoms with Crippen LogP contribution in [0.2, 0.25) is 0 Å². The number of nitrogens with zero attached hydrogens (tertiary/aromatic N) is 1. The van der Waals surface area contributed by atoms with Gasteiger partial charge in [0.1, 0.15) is 0 Å². The molecule has 1 N–H and O–H groups in total. The molecular weight excluding hydrogens is 236 g/mol. The summed E-state index contributed by atoms with van der Waals surface area (Å²) in [6, 6.07) is 16.6. The fraction of sp³-hybridized carbons (Fsp3) is 0.188. The molecule has 0 fully saturated rings. The number of aromatic nitrogens is 2. The third-order valence-corrected chi connectivity index (χ3v) is 4.02. The molecule has 0 saturated heterocycles. The second-order valence-electron chi connectivity index (χ2n) is 5.15. The number of nitrogens with one attached hydrogen (secondary N) is 1. The van der Waals surface area contributed by atoms with Crippen molar-refractivity contribution >= 4 is 11.0 Å². The fourth-order valence-electron chi connectivity index (χ4n) is 3.15. The maximum Gasteiger partial charge on any atom is 0.326 e. The Morgan fingerprint density at radius 2 is 1.58 bits per heavy atom. The van der Waals surface area contributed by atoms with Gasteiger partial charge in [-0.2, -0.15) is 0 Å². The summed E-state index contributed by atoms with van der Waals surface area (Å²) in [6.07, 6.45) is 1.88. The summed E-state index contributed by atoms with van der Waals surface area (Å²) in [5.74, 6) is 0. The number of hydrogen-bond acceptors (Lipinski definition) is 1. The van der Waals surface area contributed by atoms with Crippen LogP contribution in [-0.2, 0) is 12.8 Å². The molecule has 1 aliphatic carbocycles. The topological polar surface area (TPSA) is 37.8 Å². The number of benzene rings is 2. The van der Waals surface area contributed by atoms with Gasteiger partial charge in [0.2, 0.25) is 0 Å². The highest BCUT2D eigenvalue weighted by Gasteiger charge is 2.25. The van der Waals surface area contributed by atoms with Gasteiger partial charge in [-0.15, -0.1) is 0 Å². The molecule has 0 spiro atoms. The van der Waals surface area contributed by atoms with Crippen LogP contribution in [0.25, 0.3) is 11.0 Å². The van der Waals surface area contributed by atoms with Crippen molar-refractivity contribution in [2.45, 2.75) is 18.9 Å². The monoisotopic (exact) mass is 250 g/mol. The second kappa shape index (κ2) is 3.85. The van der Waals surface area contributed by atoms with Crippen LogP contribution in [0.15, 0.2) is 53.3 Å². The summed E-state index contributed by atoms with van der Waals surface area (Å²) in [7, 11) is 0. The number of H-pyrrole nitrogens is 1. The van der Waals surface area contributed by atoms with E-state index < -0.39 is 0 Å². The van der Waals surface area contributed by atoms with Crippen LogP contribution in [0.1, 0.15) is 17.2 Å². The average molecular weight is 250 g/mol. The number of imidazole rings is 1. The highest BCUT2D eigenvalue weighted by atomic mass is 16.1. The first-order valence-corrected chi connectivity index (χ1v) is 6.59. The van der Waals surface area contributed by atoms with Crippen molar-refractivity contribution in [3.8, 4) is 0 Å². The Labute approximate surface area is 110 Å². The first-order chi connectivity index (χ1) is 9.33. The Balaban J connectivity index is 1.85. The third kappa shape index (κ3) is 1.55. The van der Waals surface area contributed by atoms with E-state index in [-0.39, 0.29) is 11.7 Å². The van der Waals surface area contributed by atoms with Crippen molar-refractivity contribution in [2.75, 3.05) is 0 Å². The number of para-hydroxylation sites is 2. The van der Waals surface area contributed by atoms with Gasteiger partial charge in [0.15, 0.2) is 0 Å². The summed E-state index contributed by atoms with van der Waals surface area (Å²) < 4.78 is 1.91. The van der Waals surface area contributed by atoms with Gasteiger partial charge in [-0.05, 0) is 36.1 Å². The van der Waals surface area contributed by atoms with E-state index in [9.17, 15) is 4.79 Å². The Bertz CT molecular complexity index is 788. The van der Waals surface area contributed by atoms with Crippen LogP contribution < -0.4 is 5.69 Å². The maximum atomic E-state index is 12.2. The van der Waals surface area contributed by atoms with Gasteiger partial charge in [0.25, 0.3) is 0 Å². The van der Waals surface area contributed by atoms with Crippen molar-refractivity contribution in [3.05, 3.63) is 70.1 Å². The van der Waals surface area contributed by atoms with E-state index in [0.717, 1.165) is 23.9 Å². The molecule has 2 aromatic carbocycles. The predicted octanol–water partition coefficient (Wildman–Crippen LogP) is 2.67. The van der Waals surface area contributed by atoms with Crippen molar-refractivity contribution in [1.82, 2.24) is 9.55 Å². The lowest BCUT2D eigenvalue weighted by molar-refractivity contribution is 0.528. The van der Waals surface area contributed by atoms with Crippen LogP contribution in [0.4, 0.5) is 0 Å². The van der Waals surface area contributed by atoms with Gasteiger partial charge < -0.3 is 4.98 Å². The highest BCUT2D eigenvalue weighted by Crippen LogP contribution is 2.30. The molecule has 0 atom stereocenters. The quantitative estimate of drug-likeness (QED) is 0.708. The normalized spacial score (nSPS) is 14.9. The lowest BCUT2D eigenvalue weighted by Gasteiger charge is -2.11.